The second-order valence-corrected chi connectivity index (χ2v) is 6.96. The van der Waals surface area contributed by atoms with Crippen LogP contribution < -0.4 is 0 Å². The van der Waals surface area contributed by atoms with Crippen molar-refractivity contribution in [1.29, 1.82) is 0 Å². The topological polar surface area (TPSA) is 65.1 Å². The first-order valence-electron chi connectivity index (χ1n) is 8.63. The molecule has 3 rings (SSSR count). The van der Waals surface area contributed by atoms with Gasteiger partial charge in [0.2, 0.25) is 0 Å². The van der Waals surface area contributed by atoms with E-state index in [2.05, 4.69) is 0 Å². The van der Waals surface area contributed by atoms with Gasteiger partial charge < -0.3 is 14.2 Å². The van der Waals surface area contributed by atoms with Gasteiger partial charge in [-0.3, -0.25) is 9.59 Å². The fourth-order valence-corrected chi connectivity index (χ4v) is 3.42. The largest absolute Gasteiger partial charge is 0.462 e. The molecule has 0 spiro atoms. The molecule has 3 fully saturated rings. The Morgan fingerprint density at radius 2 is 1.59 bits per heavy atom. The number of epoxide rings is 1. The van der Waals surface area contributed by atoms with Crippen LogP contribution in [0.4, 0.5) is 0 Å². The standard InChI is InChI=1S/C17H26O5/c1-3-10(2)16(18)20-12-4-6-13(7-5-12)21-17(19)11-8-14-15(9-11)22-14/h10-15H,3-9H2,1-2H3. The smallest absolute Gasteiger partial charge is 0.309 e. The SMILES string of the molecule is CCC(C)C(=O)OC1CCC(OC(=O)C2CC3OC3C2)CC1. The van der Waals surface area contributed by atoms with E-state index in [1.165, 1.54) is 0 Å². The summed E-state index contributed by atoms with van der Waals surface area (Å²) in [5, 5.41) is 0. The summed E-state index contributed by atoms with van der Waals surface area (Å²) in [7, 11) is 0. The fraction of sp³-hybridized carbons (Fsp3) is 0.882. The van der Waals surface area contributed by atoms with Crippen molar-refractivity contribution in [1.82, 2.24) is 0 Å². The van der Waals surface area contributed by atoms with Gasteiger partial charge in [0.15, 0.2) is 0 Å². The van der Waals surface area contributed by atoms with Crippen molar-refractivity contribution < 1.29 is 23.8 Å². The maximum Gasteiger partial charge on any atom is 0.309 e. The van der Waals surface area contributed by atoms with Crippen LogP contribution in [0.2, 0.25) is 0 Å². The van der Waals surface area contributed by atoms with Gasteiger partial charge in [-0.2, -0.15) is 0 Å². The molecule has 5 nitrogen and oxygen atoms in total. The van der Waals surface area contributed by atoms with Gasteiger partial charge in [0, 0.05) is 0 Å². The Balaban J connectivity index is 1.36. The van der Waals surface area contributed by atoms with E-state index in [-0.39, 0.29) is 36.0 Å². The molecule has 0 bridgehead atoms. The summed E-state index contributed by atoms with van der Waals surface area (Å²) in [5.41, 5.74) is 0. The van der Waals surface area contributed by atoms with Crippen molar-refractivity contribution >= 4 is 11.9 Å². The molecule has 0 amide bonds. The number of fused-ring (bicyclic) bond motifs is 1. The number of hydrogen-bond donors (Lipinski definition) is 0. The molecule has 124 valence electrons. The van der Waals surface area contributed by atoms with Crippen molar-refractivity contribution in [2.45, 2.75) is 83.2 Å². The van der Waals surface area contributed by atoms with E-state index in [1.807, 2.05) is 13.8 Å². The molecule has 1 saturated heterocycles. The molecule has 3 atom stereocenters. The lowest BCUT2D eigenvalue weighted by atomic mass is 9.94. The molecule has 3 aliphatic rings. The summed E-state index contributed by atoms with van der Waals surface area (Å²) >= 11 is 0. The van der Waals surface area contributed by atoms with E-state index in [4.69, 9.17) is 14.2 Å². The molecule has 5 heteroatoms. The summed E-state index contributed by atoms with van der Waals surface area (Å²) in [4.78, 5) is 23.9. The molecule has 0 radical (unpaired) electrons. The summed E-state index contributed by atoms with van der Waals surface area (Å²) in [6, 6.07) is 0. The molecule has 3 unspecified atom stereocenters. The van der Waals surface area contributed by atoms with Crippen LogP contribution in [0.1, 0.15) is 58.8 Å². The molecule has 1 aliphatic heterocycles. The molecule has 0 aromatic rings. The van der Waals surface area contributed by atoms with E-state index >= 15 is 0 Å². The highest BCUT2D eigenvalue weighted by atomic mass is 16.6. The van der Waals surface area contributed by atoms with Gasteiger partial charge >= 0.3 is 11.9 Å². The fourth-order valence-electron chi connectivity index (χ4n) is 3.42. The number of rotatable bonds is 5. The van der Waals surface area contributed by atoms with Crippen LogP contribution in [0, 0.1) is 11.8 Å². The molecule has 22 heavy (non-hydrogen) atoms. The second-order valence-electron chi connectivity index (χ2n) is 6.96. The Labute approximate surface area is 131 Å². The predicted octanol–water partition coefficient (Wildman–Crippen LogP) is 2.61. The third-order valence-corrected chi connectivity index (χ3v) is 5.26. The summed E-state index contributed by atoms with van der Waals surface area (Å²) in [5.74, 6) is -0.166. The molecule has 2 saturated carbocycles. The minimum absolute atomic E-state index is 0.0102. The zero-order valence-corrected chi connectivity index (χ0v) is 13.5. The molecule has 2 aliphatic carbocycles. The van der Waals surface area contributed by atoms with Crippen molar-refractivity contribution in [2.75, 3.05) is 0 Å². The summed E-state index contributed by atoms with van der Waals surface area (Å²) in [6.45, 7) is 3.88. The minimum Gasteiger partial charge on any atom is -0.462 e. The Morgan fingerprint density at radius 1 is 1.05 bits per heavy atom. The van der Waals surface area contributed by atoms with Gasteiger partial charge in [-0.15, -0.1) is 0 Å². The molecular formula is C17H26O5. The predicted molar refractivity (Wildman–Crippen MR) is 79.1 cm³/mol. The van der Waals surface area contributed by atoms with Crippen LogP contribution in [-0.2, 0) is 23.8 Å². The molecule has 1 heterocycles. The lowest BCUT2D eigenvalue weighted by Gasteiger charge is -2.29. The van der Waals surface area contributed by atoms with Crippen LogP contribution in [0.25, 0.3) is 0 Å². The van der Waals surface area contributed by atoms with Gasteiger partial charge in [0.1, 0.15) is 12.2 Å². The van der Waals surface area contributed by atoms with Crippen LogP contribution in [0.3, 0.4) is 0 Å². The molecule has 0 aromatic carbocycles. The van der Waals surface area contributed by atoms with Crippen molar-refractivity contribution in [3.8, 4) is 0 Å². The number of esters is 2. The van der Waals surface area contributed by atoms with Gasteiger partial charge in [-0.25, -0.2) is 0 Å². The van der Waals surface area contributed by atoms with Gasteiger partial charge in [-0.1, -0.05) is 13.8 Å². The maximum absolute atomic E-state index is 12.1. The average molecular weight is 310 g/mol. The zero-order chi connectivity index (χ0) is 15.7. The number of hydrogen-bond acceptors (Lipinski definition) is 5. The van der Waals surface area contributed by atoms with Crippen molar-refractivity contribution in [3.63, 3.8) is 0 Å². The molecule has 0 aromatic heterocycles. The molecular weight excluding hydrogens is 284 g/mol. The van der Waals surface area contributed by atoms with E-state index < -0.39 is 0 Å². The van der Waals surface area contributed by atoms with E-state index in [9.17, 15) is 9.59 Å². The minimum atomic E-state index is -0.104. The third-order valence-electron chi connectivity index (χ3n) is 5.26. The van der Waals surface area contributed by atoms with Crippen LogP contribution in [0.5, 0.6) is 0 Å². The van der Waals surface area contributed by atoms with Crippen LogP contribution in [0.15, 0.2) is 0 Å². The van der Waals surface area contributed by atoms with E-state index in [0.29, 0.717) is 12.2 Å². The number of carbonyl (C=O) groups is 2. The summed E-state index contributed by atoms with van der Waals surface area (Å²) < 4.78 is 16.5. The number of ether oxygens (including phenoxy) is 3. The highest BCUT2D eigenvalue weighted by molar-refractivity contribution is 5.73. The average Bonchev–Trinajstić information content (AvgIpc) is 3.14. The normalized spacial score (nSPS) is 38.0. The molecule has 0 N–H and O–H groups in total. The highest BCUT2D eigenvalue weighted by Crippen LogP contribution is 2.43. The first-order chi connectivity index (χ1) is 10.6. The van der Waals surface area contributed by atoms with Gasteiger partial charge in [0.05, 0.1) is 24.0 Å². The highest BCUT2D eigenvalue weighted by Gasteiger charge is 2.51. The van der Waals surface area contributed by atoms with Gasteiger partial charge in [0.25, 0.3) is 0 Å². The van der Waals surface area contributed by atoms with Crippen molar-refractivity contribution in [2.24, 2.45) is 11.8 Å². The van der Waals surface area contributed by atoms with E-state index in [0.717, 1.165) is 44.9 Å². The number of carbonyl (C=O) groups excluding carboxylic acids is 2. The quantitative estimate of drug-likeness (QED) is 0.577. The van der Waals surface area contributed by atoms with Gasteiger partial charge in [-0.05, 0) is 44.9 Å². The lowest BCUT2D eigenvalue weighted by Crippen LogP contribution is -2.32. The Kier molecular flexibility index (Phi) is 4.71. The Morgan fingerprint density at radius 3 is 2.14 bits per heavy atom. The first kappa shape index (κ1) is 15.8. The van der Waals surface area contributed by atoms with Crippen molar-refractivity contribution in [3.05, 3.63) is 0 Å². The first-order valence-corrected chi connectivity index (χ1v) is 8.63. The second kappa shape index (κ2) is 6.57. The monoisotopic (exact) mass is 310 g/mol. The maximum atomic E-state index is 12.1. The van der Waals surface area contributed by atoms with E-state index in [1.54, 1.807) is 0 Å². The van der Waals surface area contributed by atoms with Crippen LogP contribution in [-0.4, -0.2) is 36.4 Å². The Hall–Kier alpha value is -1.10. The Bertz CT molecular complexity index is 417. The third kappa shape index (κ3) is 3.62. The summed E-state index contributed by atoms with van der Waals surface area (Å²) in [6.07, 6.45) is 6.23. The lowest BCUT2D eigenvalue weighted by molar-refractivity contribution is -0.163. The van der Waals surface area contributed by atoms with Crippen LogP contribution >= 0.6 is 0 Å². The zero-order valence-electron chi connectivity index (χ0n) is 13.5.